The van der Waals surface area contributed by atoms with Gasteiger partial charge >= 0.3 is 0 Å². The molecule has 0 aliphatic heterocycles. The minimum absolute atomic E-state index is 1.09. The van der Waals surface area contributed by atoms with Crippen molar-refractivity contribution < 1.29 is 0 Å². The van der Waals surface area contributed by atoms with E-state index in [1.807, 2.05) is 0 Å². The summed E-state index contributed by atoms with van der Waals surface area (Å²) < 4.78 is 0. The molecule has 1 aromatic rings. The molecule has 0 bridgehead atoms. The Morgan fingerprint density at radius 1 is 0.667 bits per heavy atom. The number of hydrogen-bond donors (Lipinski definition) is 0. The molecule has 0 fully saturated rings. The Hall–Kier alpha value is -2.08. The second-order valence-electron chi connectivity index (χ2n) is 4.58. The Bertz CT molecular complexity index is 623. The van der Waals surface area contributed by atoms with E-state index in [1.54, 1.807) is 0 Å². The van der Waals surface area contributed by atoms with Crippen molar-refractivity contribution in [3.63, 3.8) is 0 Å². The Morgan fingerprint density at radius 3 is 2.11 bits per heavy atom. The average molecular weight is 232 g/mol. The maximum Gasteiger partial charge on any atom is -0.0103 e. The molecular formula is C18H16. The van der Waals surface area contributed by atoms with Crippen molar-refractivity contribution in [1.82, 2.24) is 0 Å². The SMILES string of the molecule is CCc1cc2ccccc(-c3ccccc3)c-2c1. The Morgan fingerprint density at radius 2 is 1.33 bits per heavy atom. The number of rotatable bonds is 2. The molecule has 0 N–H and O–H groups in total. The zero-order valence-electron chi connectivity index (χ0n) is 10.6. The summed E-state index contributed by atoms with van der Waals surface area (Å²) in [4.78, 5) is 0. The van der Waals surface area contributed by atoms with Gasteiger partial charge in [0.2, 0.25) is 0 Å². The molecule has 0 saturated heterocycles. The lowest BCUT2D eigenvalue weighted by Crippen LogP contribution is -1.77. The van der Waals surface area contributed by atoms with Gasteiger partial charge in [0.15, 0.2) is 0 Å². The molecule has 0 amide bonds. The van der Waals surface area contributed by atoms with Gasteiger partial charge in [-0.15, -0.1) is 0 Å². The largest absolute Gasteiger partial charge is 0.0622 e. The summed E-state index contributed by atoms with van der Waals surface area (Å²) in [7, 11) is 0. The normalized spacial score (nSPS) is 10.7. The van der Waals surface area contributed by atoms with Crippen molar-refractivity contribution in [2.45, 2.75) is 13.3 Å². The number of fused-ring (bicyclic) bond motifs is 1. The van der Waals surface area contributed by atoms with Crippen LogP contribution >= 0.6 is 0 Å². The van der Waals surface area contributed by atoms with E-state index in [-0.39, 0.29) is 0 Å². The fraction of sp³-hybridized carbons (Fsp3) is 0.111. The standard InChI is InChI=1S/C18H16/c1-2-14-12-16-10-6-7-11-17(18(16)13-14)15-8-4-3-5-9-15/h3-13H,2H2,1H3. The molecule has 1 aromatic carbocycles. The summed E-state index contributed by atoms with van der Waals surface area (Å²) in [5.74, 6) is 0. The van der Waals surface area contributed by atoms with Crippen molar-refractivity contribution in [1.29, 1.82) is 0 Å². The Kier molecular flexibility index (Phi) is 2.85. The van der Waals surface area contributed by atoms with Crippen molar-refractivity contribution >= 4 is 0 Å². The van der Waals surface area contributed by atoms with Gasteiger partial charge in [-0.25, -0.2) is 0 Å². The monoisotopic (exact) mass is 232 g/mol. The summed E-state index contributed by atoms with van der Waals surface area (Å²) in [5.41, 5.74) is 6.69. The van der Waals surface area contributed by atoms with E-state index < -0.39 is 0 Å². The van der Waals surface area contributed by atoms with Crippen LogP contribution in [-0.4, -0.2) is 0 Å². The predicted octanol–water partition coefficient (Wildman–Crippen LogP) is 5.02. The molecule has 0 heteroatoms. The molecule has 2 aliphatic carbocycles. The summed E-state index contributed by atoms with van der Waals surface area (Å²) in [6.07, 6.45) is 1.09. The first-order valence-corrected chi connectivity index (χ1v) is 6.45. The Labute approximate surface area is 108 Å². The third-order valence-electron chi connectivity index (χ3n) is 3.41. The van der Waals surface area contributed by atoms with E-state index in [1.165, 1.54) is 27.8 Å². The van der Waals surface area contributed by atoms with Crippen LogP contribution in [0.2, 0.25) is 0 Å². The van der Waals surface area contributed by atoms with Crippen LogP contribution in [0.15, 0.2) is 66.7 Å². The summed E-state index contributed by atoms with van der Waals surface area (Å²) in [5, 5.41) is 0. The molecule has 2 aliphatic rings. The van der Waals surface area contributed by atoms with Gasteiger partial charge in [0.1, 0.15) is 0 Å². The second kappa shape index (κ2) is 4.66. The zero-order chi connectivity index (χ0) is 12.4. The molecule has 0 heterocycles. The topological polar surface area (TPSA) is 0 Å². The molecule has 0 spiro atoms. The smallest absolute Gasteiger partial charge is 0.0103 e. The van der Waals surface area contributed by atoms with Crippen LogP contribution in [0.5, 0.6) is 0 Å². The zero-order valence-corrected chi connectivity index (χ0v) is 10.6. The molecule has 0 saturated carbocycles. The third kappa shape index (κ3) is 1.91. The van der Waals surface area contributed by atoms with Crippen LogP contribution in [-0.2, 0) is 6.42 Å². The van der Waals surface area contributed by atoms with Crippen LogP contribution in [0.4, 0.5) is 0 Å². The molecular weight excluding hydrogens is 216 g/mol. The van der Waals surface area contributed by atoms with Crippen molar-refractivity contribution in [2.24, 2.45) is 0 Å². The van der Waals surface area contributed by atoms with Crippen LogP contribution in [0.25, 0.3) is 22.3 Å². The van der Waals surface area contributed by atoms with Gasteiger partial charge < -0.3 is 0 Å². The molecule has 0 nitrogen and oxygen atoms in total. The number of aryl methyl sites for hydroxylation is 1. The second-order valence-corrected chi connectivity index (χ2v) is 4.58. The van der Waals surface area contributed by atoms with Gasteiger partial charge in [0.25, 0.3) is 0 Å². The van der Waals surface area contributed by atoms with Crippen LogP contribution in [0.3, 0.4) is 0 Å². The first-order valence-electron chi connectivity index (χ1n) is 6.45. The maximum atomic E-state index is 2.32. The van der Waals surface area contributed by atoms with Gasteiger partial charge in [-0.05, 0) is 34.2 Å². The highest BCUT2D eigenvalue weighted by Gasteiger charge is 2.10. The van der Waals surface area contributed by atoms with E-state index >= 15 is 0 Å². The summed E-state index contributed by atoms with van der Waals surface area (Å²) in [6.45, 7) is 2.20. The fourth-order valence-electron chi connectivity index (χ4n) is 2.43. The lowest BCUT2D eigenvalue weighted by Gasteiger charge is -2.03. The third-order valence-corrected chi connectivity index (χ3v) is 3.41. The number of hydrogen-bond acceptors (Lipinski definition) is 0. The van der Waals surface area contributed by atoms with E-state index in [4.69, 9.17) is 0 Å². The van der Waals surface area contributed by atoms with Crippen molar-refractivity contribution in [2.75, 3.05) is 0 Å². The van der Waals surface area contributed by atoms with Crippen LogP contribution < -0.4 is 0 Å². The predicted molar refractivity (Wildman–Crippen MR) is 77.9 cm³/mol. The van der Waals surface area contributed by atoms with Crippen molar-refractivity contribution in [3.8, 4) is 22.3 Å². The first kappa shape index (κ1) is 11.0. The van der Waals surface area contributed by atoms with Crippen molar-refractivity contribution in [3.05, 3.63) is 72.3 Å². The van der Waals surface area contributed by atoms with E-state index in [9.17, 15) is 0 Å². The number of benzene rings is 1. The highest BCUT2D eigenvalue weighted by Crippen LogP contribution is 2.34. The highest BCUT2D eigenvalue weighted by atomic mass is 14.1. The molecule has 0 unspecified atom stereocenters. The van der Waals surface area contributed by atoms with Gasteiger partial charge in [-0.2, -0.15) is 0 Å². The molecule has 0 atom stereocenters. The quantitative estimate of drug-likeness (QED) is 0.582. The van der Waals surface area contributed by atoms with Gasteiger partial charge in [-0.1, -0.05) is 73.7 Å². The van der Waals surface area contributed by atoms with Gasteiger partial charge in [0, 0.05) is 0 Å². The van der Waals surface area contributed by atoms with E-state index in [0.717, 1.165) is 6.42 Å². The van der Waals surface area contributed by atoms with E-state index in [0.29, 0.717) is 0 Å². The maximum absolute atomic E-state index is 2.32. The van der Waals surface area contributed by atoms with Crippen LogP contribution in [0.1, 0.15) is 12.5 Å². The molecule has 0 radical (unpaired) electrons. The minimum atomic E-state index is 1.09. The highest BCUT2D eigenvalue weighted by molar-refractivity contribution is 5.85. The minimum Gasteiger partial charge on any atom is -0.0622 e. The fourth-order valence-corrected chi connectivity index (χ4v) is 2.43. The molecule has 18 heavy (non-hydrogen) atoms. The molecule has 88 valence electrons. The lowest BCUT2D eigenvalue weighted by atomic mass is 10.0. The average Bonchev–Trinajstić information content (AvgIpc) is 2.73. The van der Waals surface area contributed by atoms with Crippen LogP contribution in [0, 0.1) is 0 Å². The first-order chi connectivity index (χ1) is 8.88. The van der Waals surface area contributed by atoms with E-state index in [2.05, 4.69) is 73.7 Å². The summed E-state index contributed by atoms with van der Waals surface area (Å²) in [6, 6.07) is 23.8. The molecule has 3 rings (SSSR count). The molecule has 0 aromatic heterocycles. The van der Waals surface area contributed by atoms with Gasteiger partial charge in [-0.3, -0.25) is 0 Å². The lowest BCUT2D eigenvalue weighted by molar-refractivity contribution is 1.15. The van der Waals surface area contributed by atoms with Gasteiger partial charge in [0.05, 0.1) is 0 Å². The summed E-state index contributed by atoms with van der Waals surface area (Å²) >= 11 is 0. The Balaban J connectivity index is 2.25.